The van der Waals surface area contributed by atoms with Crippen molar-refractivity contribution in [2.75, 3.05) is 13.1 Å². The van der Waals surface area contributed by atoms with Gasteiger partial charge in [-0.2, -0.15) is 0 Å². The molecule has 2 aromatic carbocycles. The van der Waals surface area contributed by atoms with Crippen LogP contribution in [0.2, 0.25) is 0 Å². The van der Waals surface area contributed by atoms with E-state index < -0.39 is 10.3 Å². The van der Waals surface area contributed by atoms with E-state index in [1.165, 1.54) is 22.9 Å². The van der Waals surface area contributed by atoms with Gasteiger partial charge in [0.2, 0.25) is 0 Å². The van der Waals surface area contributed by atoms with Crippen molar-refractivity contribution in [3.05, 3.63) is 64.1 Å². The number of rotatable bonds is 7. The second kappa shape index (κ2) is 12.5. The maximum Gasteiger partial charge on any atom is 0.322 e. The molecule has 30 heavy (non-hydrogen) atoms. The third-order valence-corrected chi connectivity index (χ3v) is 5.68. The maximum absolute atomic E-state index is 12.2. The van der Waals surface area contributed by atoms with E-state index in [4.69, 9.17) is 16.2 Å². The van der Waals surface area contributed by atoms with Crippen molar-refractivity contribution in [2.24, 2.45) is 11.5 Å². The Morgan fingerprint density at radius 1 is 0.867 bits per heavy atom. The first-order valence-electron chi connectivity index (χ1n) is 10.1. The lowest BCUT2D eigenvalue weighted by atomic mass is 10.1. The number of thioether (sulfide) groups is 1. The Morgan fingerprint density at radius 3 is 1.70 bits per heavy atom. The molecule has 0 fully saturated rings. The summed E-state index contributed by atoms with van der Waals surface area (Å²) < 4.78 is 5.97. The van der Waals surface area contributed by atoms with Crippen molar-refractivity contribution in [3.8, 4) is 0 Å². The molecule has 0 radical (unpaired) electrons. The van der Waals surface area contributed by atoms with Crippen molar-refractivity contribution >= 4 is 33.7 Å². The van der Waals surface area contributed by atoms with Crippen LogP contribution in [0, 0.1) is 0 Å². The van der Waals surface area contributed by atoms with E-state index in [2.05, 4.69) is 40.2 Å². The molecule has 4 N–H and O–H groups in total. The van der Waals surface area contributed by atoms with Crippen LogP contribution in [0.5, 0.6) is 0 Å². The van der Waals surface area contributed by atoms with E-state index in [-0.39, 0.29) is 5.97 Å². The molecule has 0 unspecified atom stereocenters. The normalized spacial score (nSPS) is 11.5. The molecule has 166 valence electrons. The van der Waals surface area contributed by atoms with Crippen molar-refractivity contribution < 1.29 is 9.53 Å². The van der Waals surface area contributed by atoms with Gasteiger partial charge in [0.15, 0.2) is 0 Å². The molecule has 2 aromatic rings. The molecule has 0 aliphatic carbocycles. The molecule has 0 aromatic heterocycles. The number of hydrogen-bond acceptors (Lipinski definition) is 5. The van der Waals surface area contributed by atoms with Gasteiger partial charge in [0, 0.05) is 9.37 Å². The van der Waals surface area contributed by atoms with Gasteiger partial charge < -0.3 is 16.2 Å². The third-order valence-electron chi connectivity index (χ3n) is 3.97. The SMILES string of the molecule is CC(C)(C)OC(=O)C(C)(C)Sc1ccc(CCN)cc1.NCCc1ccc(Br)cc1. The van der Waals surface area contributed by atoms with E-state index in [0.29, 0.717) is 6.54 Å². The van der Waals surface area contributed by atoms with Gasteiger partial charge in [0.25, 0.3) is 0 Å². The monoisotopic (exact) mass is 494 g/mol. The van der Waals surface area contributed by atoms with E-state index in [9.17, 15) is 4.79 Å². The fourth-order valence-corrected chi connectivity index (χ4v) is 3.70. The number of carbonyl (C=O) groups is 1. The first-order chi connectivity index (χ1) is 14.0. The zero-order chi connectivity index (χ0) is 22.8. The Bertz CT molecular complexity index is 769. The standard InChI is InChI=1S/C16H25NO2S.C8H10BrN/c1-15(2,3)19-14(18)16(4,5)20-13-8-6-12(7-9-13)10-11-17;9-8-3-1-7(2-4-8)5-6-10/h6-9H,10-11,17H2,1-5H3;1-4H,5-6,10H2. The van der Waals surface area contributed by atoms with E-state index in [1.807, 2.05) is 58.9 Å². The molecule has 4 nitrogen and oxygen atoms in total. The zero-order valence-electron chi connectivity index (χ0n) is 18.7. The number of ether oxygens (including phenoxy) is 1. The highest BCUT2D eigenvalue weighted by Crippen LogP contribution is 2.34. The fourth-order valence-electron chi connectivity index (χ4n) is 2.45. The van der Waals surface area contributed by atoms with Crippen LogP contribution in [0.25, 0.3) is 0 Å². The highest BCUT2D eigenvalue weighted by molar-refractivity contribution is 9.10. The van der Waals surface area contributed by atoms with Gasteiger partial charge in [-0.05, 0) is 95.9 Å². The van der Waals surface area contributed by atoms with Crippen molar-refractivity contribution in [3.63, 3.8) is 0 Å². The largest absolute Gasteiger partial charge is 0.459 e. The van der Waals surface area contributed by atoms with Gasteiger partial charge in [0.05, 0.1) is 0 Å². The lowest BCUT2D eigenvalue weighted by Crippen LogP contribution is -2.36. The molecule has 0 bridgehead atoms. The second-order valence-corrected chi connectivity index (χ2v) is 11.1. The Labute approximate surface area is 194 Å². The lowest BCUT2D eigenvalue weighted by Gasteiger charge is -2.28. The number of nitrogens with two attached hydrogens (primary N) is 2. The molecule has 0 amide bonds. The van der Waals surface area contributed by atoms with Gasteiger partial charge >= 0.3 is 5.97 Å². The number of benzene rings is 2. The van der Waals surface area contributed by atoms with Crippen LogP contribution in [-0.2, 0) is 22.4 Å². The third kappa shape index (κ3) is 10.6. The number of esters is 1. The first kappa shape index (κ1) is 26.7. The van der Waals surface area contributed by atoms with Crippen molar-refractivity contribution in [1.29, 1.82) is 0 Å². The second-order valence-electron chi connectivity index (χ2n) is 8.46. The minimum Gasteiger partial charge on any atom is -0.459 e. The minimum atomic E-state index is -0.608. The summed E-state index contributed by atoms with van der Waals surface area (Å²) in [6.45, 7) is 10.8. The lowest BCUT2D eigenvalue weighted by molar-refractivity contribution is -0.156. The van der Waals surface area contributed by atoms with Crippen LogP contribution in [-0.4, -0.2) is 29.4 Å². The van der Waals surface area contributed by atoms with Crippen LogP contribution < -0.4 is 11.5 Å². The summed E-state index contributed by atoms with van der Waals surface area (Å²) in [7, 11) is 0. The molecular weight excluding hydrogens is 460 g/mol. The Balaban J connectivity index is 0.000000375. The minimum absolute atomic E-state index is 0.193. The fraction of sp³-hybridized carbons (Fsp3) is 0.458. The smallest absolute Gasteiger partial charge is 0.322 e. The van der Waals surface area contributed by atoms with E-state index in [0.717, 1.165) is 28.8 Å². The van der Waals surface area contributed by atoms with E-state index in [1.54, 1.807) is 0 Å². The Hall–Kier alpha value is -1.34. The van der Waals surface area contributed by atoms with Crippen LogP contribution >= 0.6 is 27.7 Å². The summed E-state index contributed by atoms with van der Waals surface area (Å²) in [6, 6.07) is 16.4. The summed E-state index contributed by atoms with van der Waals surface area (Å²) in [4.78, 5) is 13.3. The summed E-state index contributed by atoms with van der Waals surface area (Å²) in [6.07, 6.45) is 1.84. The summed E-state index contributed by atoms with van der Waals surface area (Å²) in [5.74, 6) is -0.193. The Kier molecular flexibility index (Phi) is 11.1. The summed E-state index contributed by atoms with van der Waals surface area (Å²) >= 11 is 4.88. The van der Waals surface area contributed by atoms with Gasteiger partial charge in [-0.25, -0.2) is 0 Å². The molecule has 0 atom stereocenters. The van der Waals surface area contributed by atoms with Crippen LogP contribution in [0.15, 0.2) is 57.9 Å². The quantitative estimate of drug-likeness (QED) is 0.400. The molecule has 0 aliphatic rings. The summed E-state index contributed by atoms with van der Waals surface area (Å²) in [5, 5.41) is 0. The predicted molar refractivity (Wildman–Crippen MR) is 132 cm³/mol. The Morgan fingerprint density at radius 2 is 1.30 bits per heavy atom. The molecule has 0 heterocycles. The molecule has 0 aliphatic heterocycles. The average molecular weight is 496 g/mol. The number of carbonyl (C=O) groups excluding carboxylic acids is 1. The topological polar surface area (TPSA) is 78.3 Å². The molecule has 0 spiro atoms. The van der Waals surface area contributed by atoms with Crippen LogP contribution in [0.4, 0.5) is 0 Å². The molecule has 6 heteroatoms. The van der Waals surface area contributed by atoms with Crippen LogP contribution in [0.3, 0.4) is 0 Å². The van der Waals surface area contributed by atoms with Gasteiger partial charge in [0.1, 0.15) is 10.3 Å². The molecule has 0 saturated heterocycles. The first-order valence-corrected chi connectivity index (χ1v) is 11.7. The highest BCUT2D eigenvalue weighted by atomic mass is 79.9. The molecule has 2 rings (SSSR count). The maximum atomic E-state index is 12.2. The molecular formula is C24H35BrN2O2S. The number of hydrogen-bond donors (Lipinski definition) is 2. The predicted octanol–water partition coefficient (Wildman–Crippen LogP) is 5.35. The highest BCUT2D eigenvalue weighted by Gasteiger charge is 2.33. The van der Waals surface area contributed by atoms with E-state index >= 15 is 0 Å². The molecule has 0 saturated carbocycles. The summed E-state index contributed by atoms with van der Waals surface area (Å²) in [5.41, 5.74) is 13.0. The van der Waals surface area contributed by atoms with Crippen molar-refractivity contribution in [2.45, 2.75) is 62.7 Å². The number of halogens is 1. The van der Waals surface area contributed by atoms with Gasteiger partial charge in [-0.1, -0.05) is 40.2 Å². The van der Waals surface area contributed by atoms with Gasteiger partial charge in [-0.15, -0.1) is 11.8 Å². The van der Waals surface area contributed by atoms with Crippen molar-refractivity contribution in [1.82, 2.24) is 0 Å². The zero-order valence-corrected chi connectivity index (χ0v) is 21.1. The van der Waals surface area contributed by atoms with Crippen LogP contribution in [0.1, 0.15) is 45.7 Å². The van der Waals surface area contributed by atoms with Gasteiger partial charge in [-0.3, -0.25) is 4.79 Å². The average Bonchev–Trinajstić information content (AvgIpc) is 2.65.